The van der Waals surface area contributed by atoms with E-state index in [0.29, 0.717) is 25.6 Å². The fourth-order valence-corrected chi connectivity index (χ4v) is 2.38. The Morgan fingerprint density at radius 2 is 2.06 bits per heavy atom. The summed E-state index contributed by atoms with van der Waals surface area (Å²) in [6.07, 6.45) is 4.32. The molecule has 1 saturated carbocycles. The summed E-state index contributed by atoms with van der Waals surface area (Å²) in [4.78, 5) is 4.40. The molecular formula is C13H26N2O2. The average Bonchev–Trinajstić information content (AvgIpc) is 2.33. The third-order valence-corrected chi connectivity index (χ3v) is 3.55. The van der Waals surface area contributed by atoms with Crippen molar-refractivity contribution in [1.29, 1.82) is 0 Å². The van der Waals surface area contributed by atoms with Crippen LogP contribution in [-0.4, -0.2) is 38.3 Å². The maximum absolute atomic E-state index is 6.13. The van der Waals surface area contributed by atoms with Gasteiger partial charge in [-0.05, 0) is 38.5 Å². The van der Waals surface area contributed by atoms with Gasteiger partial charge >= 0.3 is 0 Å². The van der Waals surface area contributed by atoms with Crippen LogP contribution >= 0.6 is 0 Å². The lowest BCUT2D eigenvalue weighted by Crippen LogP contribution is -2.49. The zero-order chi connectivity index (χ0) is 12.7. The largest absolute Gasteiger partial charge is 0.385 e. The summed E-state index contributed by atoms with van der Waals surface area (Å²) in [5.74, 6) is 1.43. The number of ether oxygens (including phenoxy) is 2. The normalized spacial score (nSPS) is 30.5. The van der Waals surface area contributed by atoms with Gasteiger partial charge in [0.1, 0.15) is 11.4 Å². The zero-order valence-corrected chi connectivity index (χ0v) is 11.4. The van der Waals surface area contributed by atoms with Gasteiger partial charge in [0, 0.05) is 13.7 Å². The van der Waals surface area contributed by atoms with E-state index in [4.69, 9.17) is 15.2 Å². The van der Waals surface area contributed by atoms with Crippen LogP contribution in [0.15, 0.2) is 4.99 Å². The van der Waals surface area contributed by atoms with Crippen LogP contribution in [0.3, 0.4) is 0 Å². The third-order valence-electron chi connectivity index (χ3n) is 3.55. The lowest BCUT2D eigenvalue weighted by Gasteiger charge is -2.38. The van der Waals surface area contributed by atoms with Gasteiger partial charge < -0.3 is 15.2 Å². The van der Waals surface area contributed by atoms with Crippen molar-refractivity contribution in [3.63, 3.8) is 0 Å². The van der Waals surface area contributed by atoms with Gasteiger partial charge in [-0.1, -0.05) is 6.92 Å². The number of rotatable bonds is 6. The Bertz CT molecular complexity index is 246. The molecule has 1 aliphatic rings. The molecule has 0 atom stereocenters. The Labute approximate surface area is 105 Å². The quantitative estimate of drug-likeness (QED) is 0.440. The van der Waals surface area contributed by atoms with Crippen LogP contribution in [0.25, 0.3) is 0 Å². The molecule has 2 N–H and O–H groups in total. The van der Waals surface area contributed by atoms with E-state index in [1.54, 1.807) is 7.11 Å². The molecule has 1 rings (SSSR count). The molecule has 0 bridgehead atoms. The second-order valence-corrected chi connectivity index (χ2v) is 4.87. The van der Waals surface area contributed by atoms with Crippen LogP contribution < -0.4 is 5.73 Å². The molecule has 0 spiro atoms. The highest BCUT2D eigenvalue weighted by Crippen LogP contribution is 2.34. The number of amidine groups is 1. The minimum absolute atomic E-state index is 0.311. The molecule has 0 aliphatic heterocycles. The standard InChI is InChI=1S/C13H26N2O2/c1-4-17-13(7-5-11(2)6-8-13)12(14)15-9-10-16-3/h11H,4-10H2,1-3H3,(H2,14,15). The number of nitrogens with two attached hydrogens (primary N) is 1. The van der Waals surface area contributed by atoms with Crippen molar-refractivity contribution in [1.82, 2.24) is 0 Å². The monoisotopic (exact) mass is 242 g/mol. The number of hydrogen-bond acceptors (Lipinski definition) is 3. The highest BCUT2D eigenvalue weighted by Gasteiger charge is 2.38. The van der Waals surface area contributed by atoms with Crippen LogP contribution in [0.4, 0.5) is 0 Å². The zero-order valence-electron chi connectivity index (χ0n) is 11.4. The maximum Gasteiger partial charge on any atom is 0.126 e. The Kier molecular flexibility index (Phi) is 5.92. The van der Waals surface area contributed by atoms with Gasteiger partial charge in [-0.15, -0.1) is 0 Å². The second-order valence-electron chi connectivity index (χ2n) is 4.87. The first-order chi connectivity index (χ1) is 8.14. The minimum atomic E-state index is -0.311. The number of nitrogens with zero attached hydrogens (tertiary/aromatic N) is 1. The molecule has 0 radical (unpaired) electrons. The van der Waals surface area contributed by atoms with Crippen LogP contribution in [0.1, 0.15) is 39.5 Å². The molecule has 0 saturated heterocycles. The molecule has 4 nitrogen and oxygen atoms in total. The second kappa shape index (κ2) is 6.97. The van der Waals surface area contributed by atoms with E-state index in [-0.39, 0.29) is 5.60 Å². The lowest BCUT2D eigenvalue weighted by molar-refractivity contribution is -0.0203. The summed E-state index contributed by atoms with van der Waals surface area (Å²) in [6.45, 7) is 6.22. The van der Waals surface area contributed by atoms with E-state index in [9.17, 15) is 0 Å². The molecule has 0 aromatic carbocycles. The number of methoxy groups -OCH3 is 1. The first-order valence-corrected chi connectivity index (χ1v) is 6.58. The van der Waals surface area contributed by atoms with Crippen molar-refractivity contribution in [3.05, 3.63) is 0 Å². The van der Waals surface area contributed by atoms with Gasteiger partial charge in [-0.2, -0.15) is 0 Å². The SMILES string of the molecule is CCOC1(C(N)=NCCOC)CCC(C)CC1. The molecule has 0 heterocycles. The Morgan fingerprint density at radius 1 is 1.41 bits per heavy atom. The Hall–Kier alpha value is -0.610. The van der Waals surface area contributed by atoms with Crippen LogP contribution in [0.2, 0.25) is 0 Å². The van der Waals surface area contributed by atoms with Crippen molar-refractivity contribution < 1.29 is 9.47 Å². The van der Waals surface area contributed by atoms with E-state index in [2.05, 4.69) is 11.9 Å². The van der Waals surface area contributed by atoms with E-state index < -0.39 is 0 Å². The van der Waals surface area contributed by atoms with Gasteiger partial charge in [0.25, 0.3) is 0 Å². The van der Waals surface area contributed by atoms with Gasteiger partial charge in [0.15, 0.2) is 0 Å². The number of aliphatic imine (C=N–C) groups is 1. The van der Waals surface area contributed by atoms with Crippen LogP contribution in [-0.2, 0) is 9.47 Å². The first-order valence-electron chi connectivity index (χ1n) is 6.58. The van der Waals surface area contributed by atoms with E-state index in [1.165, 1.54) is 12.8 Å². The van der Waals surface area contributed by atoms with Gasteiger partial charge in [-0.25, -0.2) is 0 Å². The minimum Gasteiger partial charge on any atom is -0.385 e. The smallest absolute Gasteiger partial charge is 0.126 e. The molecule has 100 valence electrons. The van der Waals surface area contributed by atoms with E-state index >= 15 is 0 Å². The molecule has 0 amide bonds. The molecule has 1 fully saturated rings. The molecule has 0 aromatic rings. The summed E-state index contributed by atoms with van der Waals surface area (Å²) >= 11 is 0. The van der Waals surface area contributed by atoms with E-state index in [0.717, 1.165) is 18.8 Å². The van der Waals surface area contributed by atoms with Crippen molar-refractivity contribution in [2.24, 2.45) is 16.6 Å². The Morgan fingerprint density at radius 3 is 2.59 bits per heavy atom. The first kappa shape index (κ1) is 14.5. The number of hydrogen-bond donors (Lipinski definition) is 1. The maximum atomic E-state index is 6.13. The van der Waals surface area contributed by atoms with Crippen molar-refractivity contribution in [2.45, 2.75) is 45.1 Å². The molecular weight excluding hydrogens is 216 g/mol. The fraction of sp³-hybridized carbons (Fsp3) is 0.923. The topological polar surface area (TPSA) is 56.8 Å². The molecule has 1 aliphatic carbocycles. The van der Waals surface area contributed by atoms with Crippen molar-refractivity contribution in [2.75, 3.05) is 26.9 Å². The third kappa shape index (κ3) is 3.96. The highest BCUT2D eigenvalue weighted by molar-refractivity contribution is 5.89. The van der Waals surface area contributed by atoms with Crippen molar-refractivity contribution in [3.8, 4) is 0 Å². The summed E-state index contributed by atoms with van der Waals surface area (Å²) in [7, 11) is 1.67. The molecule has 17 heavy (non-hydrogen) atoms. The summed E-state index contributed by atoms with van der Waals surface area (Å²) in [6, 6.07) is 0. The molecule has 0 aromatic heterocycles. The fourth-order valence-electron chi connectivity index (χ4n) is 2.38. The summed E-state index contributed by atoms with van der Waals surface area (Å²) in [5, 5.41) is 0. The van der Waals surface area contributed by atoms with Crippen LogP contribution in [0.5, 0.6) is 0 Å². The predicted molar refractivity (Wildman–Crippen MR) is 70.4 cm³/mol. The van der Waals surface area contributed by atoms with Gasteiger partial charge in [-0.3, -0.25) is 4.99 Å². The average molecular weight is 242 g/mol. The summed E-state index contributed by atoms with van der Waals surface area (Å²) in [5.41, 5.74) is 5.81. The molecule has 0 unspecified atom stereocenters. The van der Waals surface area contributed by atoms with E-state index in [1.807, 2.05) is 6.92 Å². The lowest BCUT2D eigenvalue weighted by atomic mass is 9.78. The highest BCUT2D eigenvalue weighted by atomic mass is 16.5. The van der Waals surface area contributed by atoms with Crippen LogP contribution in [0, 0.1) is 5.92 Å². The van der Waals surface area contributed by atoms with Gasteiger partial charge in [0.2, 0.25) is 0 Å². The van der Waals surface area contributed by atoms with Crippen molar-refractivity contribution >= 4 is 5.84 Å². The predicted octanol–water partition coefficient (Wildman–Crippen LogP) is 1.98. The molecule has 4 heteroatoms. The Balaban J connectivity index is 2.66. The van der Waals surface area contributed by atoms with Gasteiger partial charge in [0.05, 0.1) is 13.2 Å². The summed E-state index contributed by atoms with van der Waals surface area (Å²) < 4.78 is 10.9.